The van der Waals surface area contributed by atoms with E-state index in [0.717, 1.165) is 5.75 Å². The lowest BCUT2D eigenvalue weighted by Gasteiger charge is -2.17. The van der Waals surface area contributed by atoms with Crippen LogP contribution in [-0.2, 0) is 9.53 Å². The minimum atomic E-state index is -1.27. The van der Waals surface area contributed by atoms with Crippen molar-refractivity contribution in [1.29, 1.82) is 0 Å². The third-order valence-corrected chi connectivity index (χ3v) is 4.66. The van der Waals surface area contributed by atoms with Crippen LogP contribution in [0.3, 0.4) is 0 Å². The Labute approximate surface area is 102 Å². The molecule has 1 aliphatic heterocycles. The summed E-state index contributed by atoms with van der Waals surface area (Å²) in [7, 11) is -1.27. The Morgan fingerprint density at radius 1 is 1.18 bits per heavy atom. The Bertz CT molecular complexity index is 443. The highest BCUT2D eigenvalue weighted by Gasteiger charge is 2.19. The highest BCUT2D eigenvalue weighted by Crippen LogP contribution is 2.15. The molecule has 0 amide bonds. The van der Waals surface area contributed by atoms with E-state index in [1.807, 2.05) is 12.1 Å². The second-order valence-corrected chi connectivity index (χ2v) is 10.1. The van der Waals surface area contributed by atoms with Crippen molar-refractivity contribution in [3.63, 3.8) is 0 Å². The van der Waals surface area contributed by atoms with Crippen molar-refractivity contribution in [3.05, 3.63) is 36.4 Å². The van der Waals surface area contributed by atoms with Crippen molar-refractivity contribution in [2.24, 2.45) is 0 Å². The van der Waals surface area contributed by atoms with Crippen molar-refractivity contribution in [2.75, 3.05) is 0 Å². The van der Waals surface area contributed by atoms with E-state index in [2.05, 4.69) is 31.8 Å². The molecule has 0 aliphatic carbocycles. The maximum absolute atomic E-state index is 10.8. The molecule has 1 heterocycles. The average molecular weight is 248 g/mol. The van der Waals surface area contributed by atoms with Crippen LogP contribution in [0.1, 0.15) is 0 Å². The van der Waals surface area contributed by atoms with Crippen LogP contribution in [0.15, 0.2) is 36.4 Å². The first kappa shape index (κ1) is 11.9. The van der Waals surface area contributed by atoms with Crippen LogP contribution in [0, 0.1) is 0 Å². The molecular formula is C13H16O3Si. The van der Waals surface area contributed by atoms with Gasteiger partial charge in [0.25, 0.3) is 6.29 Å². The monoisotopic (exact) mass is 248 g/mol. The summed E-state index contributed by atoms with van der Waals surface area (Å²) in [6.07, 6.45) is 2.40. The van der Waals surface area contributed by atoms with Crippen molar-refractivity contribution in [1.82, 2.24) is 0 Å². The number of ether oxygens (including phenoxy) is 2. The van der Waals surface area contributed by atoms with E-state index in [1.165, 1.54) is 11.3 Å². The largest absolute Gasteiger partial charge is 0.451 e. The highest BCUT2D eigenvalue weighted by atomic mass is 28.3. The fraction of sp³-hybridized carbons (Fsp3) is 0.308. The lowest BCUT2D eigenvalue weighted by Crippen LogP contribution is -2.37. The normalized spacial score (nSPS) is 19.2. The summed E-state index contributed by atoms with van der Waals surface area (Å²) in [5, 5.41) is 1.38. The molecule has 1 aliphatic rings. The van der Waals surface area contributed by atoms with Crippen LogP contribution in [0.25, 0.3) is 0 Å². The van der Waals surface area contributed by atoms with Crippen LogP contribution in [-0.4, -0.2) is 20.3 Å². The minimum absolute atomic E-state index is 0.353. The van der Waals surface area contributed by atoms with Crippen molar-refractivity contribution >= 4 is 19.2 Å². The van der Waals surface area contributed by atoms with Crippen LogP contribution < -0.4 is 9.92 Å². The van der Waals surface area contributed by atoms with Crippen molar-refractivity contribution in [3.8, 4) is 5.75 Å². The maximum atomic E-state index is 10.8. The molecule has 4 heteroatoms. The third-order valence-electron chi connectivity index (χ3n) is 2.59. The van der Waals surface area contributed by atoms with E-state index in [9.17, 15) is 4.79 Å². The summed E-state index contributed by atoms with van der Waals surface area (Å²) in [4.78, 5) is 10.8. The molecule has 0 bridgehead atoms. The van der Waals surface area contributed by atoms with Gasteiger partial charge in [0.1, 0.15) is 5.75 Å². The van der Waals surface area contributed by atoms with E-state index in [0.29, 0.717) is 0 Å². The van der Waals surface area contributed by atoms with E-state index < -0.39 is 14.4 Å². The third kappa shape index (κ3) is 2.97. The molecule has 0 saturated heterocycles. The number of hydrogen-bond donors (Lipinski definition) is 0. The first-order chi connectivity index (χ1) is 7.95. The van der Waals surface area contributed by atoms with Crippen molar-refractivity contribution in [2.45, 2.75) is 25.9 Å². The van der Waals surface area contributed by atoms with Crippen LogP contribution >= 0.6 is 0 Å². The molecule has 1 atom stereocenters. The van der Waals surface area contributed by atoms with Gasteiger partial charge in [-0.15, -0.1) is 0 Å². The number of esters is 1. The van der Waals surface area contributed by atoms with E-state index in [1.54, 1.807) is 6.08 Å². The summed E-state index contributed by atoms with van der Waals surface area (Å²) in [5.74, 6) is 0.366. The smallest absolute Gasteiger partial charge is 0.334 e. The number of hydrogen-bond acceptors (Lipinski definition) is 3. The molecule has 17 heavy (non-hydrogen) atoms. The van der Waals surface area contributed by atoms with Gasteiger partial charge in [-0.25, -0.2) is 4.79 Å². The summed E-state index contributed by atoms with van der Waals surface area (Å²) in [5.41, 5.74) is 0. The lowest BCUT2D eigenvalue weighted by molar-refractivity contribution is -0.147. The first-order valence-electron chi connectivity index (χ1n) is 5.61. The van der Waals surface area contributed by atoms with Gasteiger partial charge in [0.15, 0.2) is 0 Å². The summed E-state index contributed by atoms with van der Waals surface area (Å²) >= 11 is 0. The number of rotatable bonds is 3. The zero-order valence-electron chi connectivity index (χ0n) is 10.3. The number of carbonyl (C=O) groups is 1. The molecule has 0 radical (unpaired) electrons. The number of cyclic esters (lactones) is 1. The molecule has 2 rings (SSSR count). The number of carbonyl (C=O) groups excluding carboxylic acids is 1. The van der Waals surface area contributed by atoms with Crippen LogP contribution in [0.2, 0.25) is 19.6 Å². The SMILES string of the molecule is C[Si](C)(C)c1ccc(OC2C=CC(=O)O2)cc1. The van der Waals surface area contributed by atoms with Crippen LogP contribution in [0.5, 0.6) is 5.75 Å². The molecule has 0 fully saturated rings. The minimum Gasteiger partial charge on any atom is -0.451 e. The van der Waals surface area contributed by atoms with Gasteiger partial charge < -0.3 is 9.47 Å². The Morgan fingerprint density at radius 2 is 1.82 bits per heavy atom. The Hall–Kier alpha value is -1.55. The second kappa shape index (κ2) is 4.37. The molecule has 0 N–H and O–H groups in total. The first-order valence-corrected chi connectivity index (χ1v) is 9.11. The molecule has 3 nitrogen and oxygen atoms in total. The van der Waals surface area contributed by atoms with Gasteiger partial charge in [-0.2, -0.15) is 0 Å². The van der Waals surface area contributed by atoms with Crippen LogP contribution in [0.4, 0.5) is 0 Å². The lowest BCUT2D eigenvalue weighted by atomic mass is 10.3. The van der Waals surface area contributed by atoms with E-state index >= 15 is 0 Å². The maximum Gasteiger partial charge on any atom is 0.334 e. The van der Waals surface area contributed by atoms with E-state index in [4.69, 9.17) is 9.47 Å². The topological polar surface area (TPSA) is 35.5 Å². The summed E-state index contributed by atoms with van der Waals surface area (Å²) < 4.78 is 10.4. The zero-order valence-corrected chi connectivity index (χ0v) is 11.3. The van der Waals surface area contributed by atoms with Gasteiger partial charge in [0, 0.05) is 12.2 Å². The van der Waals surface area contributed by atoms with E-state index in [-0.39, 0.29) is 5.97 Å². The van der Waals surface area contributed by atoms with Gasteiger partial charge in [-0.3, -0.25) is 0 Å². The van der Waals surface area contributed by atoms with Gasteiger partial charge >= 0.3 is 5.97 Å². The standard InChI is InChI=1S/C13H16O3Si/c1-17(2,3)11-6-4-10(5-7-11)15-13-9-8-12(14)16-13/h4-9,13H,1-3H3. The predicted octanol–water partition coefficient (Wildman–Crippen LogP) is 2.05. The highest BCUT2D eigenvalue weighted by molar-refractivity contribution is 6.88. The zero-order chi connectivity index (χ0) is 12.5. The Balaban J connectivity index is 2.04. The molecule has 90 valence electrons. The van der Waals surface area contributed by atoms with Crippen molar-refractivity contribution < 1.29 is 14.3 Å². The fourth-order valence-electron chi connectivity index (χ4n) is 1.58. The fourth-order valence-corrected chi connectivity index (χ4v) is 2.75. The molecule has 1 aromatic rings. The Morgan fingerprint density at radius 3 is 2.29 bits per heavy atom. The van der Waals surface area contributed by atoms with Gasteiger partial charge in [0.2, 0.25) is 0 Å². The molecule has 1 aromatic carbocycles. The Kier molecular flexibility index (Phi) is 3.06. The van der Waals surface area contributed by atoms with Gasteiger partial charge in [0.05, 0.1) is 8.07 Å². The second-order valence-electron chi connectivity index (χ2n) is 5.06. The summed E-state index contributed by atoms with van der Waals surface area (Å²) in [6, 6.07) is 8.02. The number of benzene rings is 1. The molecule has 0 aromatic heterocycles. The quantitative estimate of drug-likeness (QED) is 0.606. The average Bonchev–Trinajstić information content (AvgIpc) is 2.63. The van der Waals surface area contributed by atoms with Gasteiger partial charge in [-0.05, 0) is 12.1 Å². The predicted molar refractivity (Wildman–Crippen MR) is 69.1 cm³/mol. The molecule has 1 unspecified atom stereocenters. The molecular weight excluding hydrogens is 232 g/mol. The molecule has 0 spiro atoms. The summed E-state index contributed by atoms with van der Waals surface area (Å²) in [6.45, 7) is 6.89. The molecule has 0 saturated carbocycles. The van der Waals surface area contributed by atoms with Gasteiger partial charge in [-0.1, -0.05) is 37.0 Å².